The predicted molar refractivity (Wildman–Crippen MR) is 98.9 cm³/mol. The minimum atomic E-state index is 0.103. The molecule has 0 unspecified atom stereocenters. The van der Waals surface area contributed by atoms with Gasteiger partial charge in [-0.15, -0.1) is 0 Å². The summed E-state index contributed by atoms with van der Waals surface area (Å²) in [5, 5.41) is 8.77. The minimum absolute atomic E-state index is 0.103. The highest BCUT2D eigenvalue weighted by Gasteiger charge is 2.25. The summed E-state index contributed by atoms with van der Waals surface area (Å²) in [4.78, 5) is 12.5. The van der Waals surface area contributed by atoms with Crippen LogP contribution in [0.2, 0.25) is 0 Å². The van der Waals surface area contributed by atoms with Crippen molar-refractivity contribution in [1.29, 1.82) is 0 Å². The molecule has 0 atom stereocenters. The number of hydrazone groups is 1. The van der Waals surface area contributed by atoms with Crippen LogP contribution >= 0.6 is 0 Å². The molecule has 1 aliphatic carbocycles. The monoisotopic (exact) mass is 324 g/mol. The Hall–Kier alpha value is -2.40. The lowest BCUT2D eigenvalue weighted by Crippen LogP contribution is -2.29. The van der Waals surface area contributed by atoms with Gasteiger partial charge in [-0.3, -0.25) is 4.79 Å². The van der Waals surface area contributed by atoms with Crippen molar-refractivity contribution < 1.29 is 4.79 Å². The molecule has 0 aromatic heterocycles. The van der Waals surface area contributed by atoms with Crippen LogP contribution in [0, 0.1) is 11.8 Å². The van der Waals surface area contributed by atoms with E-state index in [4.69, 9.17) is 11.6 Å². The Morgan fingerprint density at radius 2 is 1.83 bits per heavy atom. The fourth-order valence-corrected chi connectivity index (χ4v) is 3.41. The van der Waals surface area contributed by atoms with Crippen LogP contribution in [0.25, 0.3) is 10.8 Å². The van der Waals surface area contributed by atoms with Crippen molar-refractivity contribution in [3.8, 4) is 0 Å². The van der Waals surface area contributed by atoms with Gasteiger partial charge in [-0.1, -0.05) is 18.2 Å². The Morgan fingerprint density at radius 3 is 2.54 bits per heavy atom. The number of nitrogens with two attached hydrogens (primary N) is 2. The highest BCUT2D eigenvalue weighted by atomic mass is 16.1. The summed E-state index contributed by atoms with van der Waals surface area (Å²) in [6.45, 7) is 0.732. The molecule has 2 aromatic rings. The van der Waals surface area contributed by atoms with E-state index in [2.05, 4.69) is 10.4 Å². The SMILES string of the molecule is NCC1CCC(C(=O)Nc2ccc3cc(C=NN)ccc3c2)CC1. The average Bonchev–Trinajstić information content (AvgIpc) is 2.62. The molecule has 24 heavy (non-hydrogen) atoms. The molecule has 0 heterocycles. The van der Waals surface area contributed by atoms with Gasteiger partial charge in [0.05, 0.1) is 6.21 Å². The van der Waals surface area contributed by atoms with Crippen molar-refractivity contribution in [2.24, 2.45) is 28.5 Å². The zero-order valence-electron chi connectivity index (χ0n) is 13.7. The first-order valence-electron chi connectivity index (χ1n) is 8.47. The van der Waals surface area contributed by atoms with Crippen molar-refractivity contribution in [1.82, 2.24) is 0 Å². The van der Waals surface area contributed by atoms with E-state index in [0.29, 0.717) is 5.92 Å². The van der Waals surface area contributed by atoms with Gasteiger partial charge >= 0.3 is 0 Å². The number of carbonyl (C=O) groups is 1. The molecule has 0 spiro atoms. The van der Waals surface area contributed by atoms with Crippen LogP contribution in [-0.2, 0) is 4.79 Å². The summed E-state index contributed by atoms with van der Waals surface area (Å²) in [7, 11) is 0. The third kappa shape index (κ3) is 3.74. The van der Waals surface area contributed by atoms with Crippen LogP contribution in [0.1, 0.15) is 31.2 Å². The van der Waals surface area contributed by atoms with E-state index in [0.717, 1.165) is 54.3 Å². The Labute approximate surface area is 142 Å². The summed E-state index contributed by atoms with van der Waals surface area (Å²) < 4.78 is 0. The second-order valence-electron chi connectivity index (χ2n) is 6.54. The molecule has 5 N–H and O–H groups in total. The molecule has 3 rings (SSSR count). The van der Waals surface area contributed by atoms with Crippen LogP contribution < -0.4 is 16.9 Å². The number of rotatable bonds is 4. The molecule has 1 fully saturated rings. The molecular formula is C19H24N4O. The maximum atomic E-state index is 12.5. The second kappa shape index (κ2) is 7.45. The number of amides is 1. The first-order valence-corrected chi connectivity index (χ1v) is 8.47. The molecule has 0 aliphatic heterocycles. The lowest BCUT2D eigenvalue weighted by atomic mass is 9.81. The third-order valence-corrected chi connectivity index (χ3v) is 4.91. The van der Waals surface area contributed by atoms with E-state index in [1.807, 2.05) is 36.4 Å². The zero-order chi connectivity index (χ0) is 16.9. The number of anilines is 1. The number of carbonyl (C=O) groups excluding carboxylic acids is 1. The van der Waals surface area contributed by atoms with Crippen LogP contribution in [0.3, 0.4) is 0 Å². The number of nitrogens with zero attached hydrogens (tertiary/aromatic N) is 1. The number of nitrogens with one attached hydrogen (secondary N) is 1. The van der Waals surface area contributed by atoms with Crippen molar-refractivity contribution >= 4 is 28.6 Å². The third-order valence-electron chi connectivity index (χ3n) is 4.91. The first-order chi connectivity index (χ1) is 11.7. The van der Waals surface area contributed by atoms with Crippen LogP contribution in [0.4, 0.5) is 5.69 Å². The van der Waals surface area contributed by atoms with Gasteiger partial charge in [0.15, 0.2) is 0 Å². The topological polar surface area (TPSA) is 93.5 Å². The molecule has 126 valence electrons. The van der Waals surface area contributed by atoms with Crippen molar-refractivity contribution in [2.75, 3.05) is 11.9 Å². The molecule has 5 heteroatoms. The molecule has 0 radical (unpaired) electrons. The van der Waals surface area contributed by atoms with Crippen molar-refractivity contribution in [3.05, 3.63) is 42.0 Å². The van der Waals surface area contributed by atoms with Gasteiger partial charge in [0.25, 0.3) is 0 Å². The molecule has 1 amide bonds. The number of benzene rings is 2. The average molecular weight is 324 g/mol. The van der Waals surface area contributed by atoms with Gasteiger partial charge in [0.1, 0.15) is 0 Å². The van der Waals surface area contributed by atoms with E-state index in [1.165, 1.54) is 0 Å². The standard InChI is InChI=1S/C19H24N4O/c20-11-13-1-4-15(5-2-13)19(24)23-18-8-7-16-9-14(12-22-21)3-6-17(16)10-18/h3,6-10,12-13,15H,1-2,4-5,11,20-21H2,(H,23,24). The Morgan fingerprint density at radius 1 is 1.12 bits per heavy atom. The summed E-state index contributed by atoms with van der Waals surface area (Å²) in [6, 6.07) is 11.9. The van der Waals surface area contributed by atoms with Gasteiger partial charge in [0, 0.05) is 11.6 Å². The highest BCUT2D eigenvalue weighted by molar-refractivity contribution is 5.97. The van der Waals surface area contributed by atoms with Crippen LogP contribution in [0.15, 0.2) is 41.5 Å². The van der Waals surface area contributed by atoms with E-state index < -0.39 is 0 Å². The highest BCUT2D eigenvalue weighted by Crippen LogP contribution is 2.29. The minimum Gasteiger partial charge on any atom is -0.330 e. The molecule has 0 saturated heterocycles. The lowest BCUT2D eigenvalue weighted by molar-refractivity contribution is -0.121. The van der Waals surface area contributed by atoms with Crippen molar-refractivity contribution in [3.63, 3.8) is 0 Å². The fourth-order valence-electron chi connectivity index (χ4n) is 3.41. The summed E-state index contributed by atoms with van der Waals surface area (Å²) >= 11 is 0. The molecule has 5 nitrogen and oxygen atoms in total. The summed E-state index contributed by atoms with van der Waals surface area (Å²) in [6.07, 6.45) is 5.59. The molecule has 2 aromatic carbocycles. The molecule has 0 bridgehead atoms. The van der Waals surface area contributed by atoms with Gasteiger partial charge in [-0.2, -0.15) is 5.10 Å². The lowest BCUT2D eigenvalue weighted by Gasteiger charge is -2.26. The normalized spacial score (nSPS) is 21.2. The Bertz CT molecular complexity index is 748. The predicted octanol–water partition coefficient (Wildman–Crippen LogP) is 2.84. The van der Waals surface area contributed by atoms with Crippen molar-refractivity contribution in [2.45, 2.75) is 25.7 Å². The number of fused-ring (bicyclic) bond motifs is 1. The van der Waals surface area contributed by atoms with Gasteiger partial charge in [-0.25, -0.2) is 0 Å². The van der Waals surface area contributed by atoms with Gasteiger partial charge in [-0.05, 0) is 72.7 Å². The Kier molecular flexibility index (Phi) is 5.11. The fraction of sp³-hybridized carbons (Fsp3) is 0.368. The maximum absolute atomic E-state index is 12.5. The van der Waals surface area contributed by atoms with E-state index in [9.17, 15) is 4.79 Å². The summed E-state index contributed by atoms with van der Waals surface area (Å²) in [5.74, 6) is 6.00. The van der Waals surface area contributed by atoms with E-state index >= 15 is 0 Å². The molecule has 1 aliphatic rings. The van der Waals surface area contributed by atoms with Crippen LogP contribution in [0.5, 0.6) is 0 Å². The number of hydrogen-bond donors (Lipinski definition) is 3. The Balaban J connectivity index is 1.69. The largest absolute Gasteiger partial charge is 0.330 e. The van der Waals surface area contributed by atoms with E-state index in [1.54, 1.807) is 6.21 Å². The smallest absolute Gasteiger partial charge is 0.227 e. The maximum Gasteiger partial charge on any atom is 0.227 e. The van der Waals surface area contributed by atoms with E-state index in [-0.39, 0.29) is 11.8 Å². The van der Waals surface area contributed by atoms with Gasteiger partial charge in [0.2, 0.25) is 5.91 Å². The molecule has 1 saturated carbocycles. The second-order valence-corrected chi connectivity index (χ2v) is 6.54. The molecular weight excluding hydrogens is 300 g/mol. The first kappa shape index (κ1) is 16.5. The zero-order valence-corrected chi connectivity index (χ0v) is 13.7. The number of hydrogen-bond acceptors (Lipinski definition) is 4. The quantitative estimate of drug-likeness (QED) is 0.458. The van der Waals surface area contributed by atoms with Gasteiger partial charge < -0.3 is 16.9 Å². The van der Waals surface area contributed by atoms with Crippen LogP contribution in [-0.4, -0.2) is 18.7 Å². The summed E-state index contributed by atoms with van der Waals surface area (Å²) in [5.41, 5.74) is 7.51.